The molecule has 1 saturated heterocycles. The van der Waals surface area contributed by atoms with E-state index in [9.17, 15) is 9.59 Å². The molecule has 6 nitrogen and oxygen atoms in total. The number of aromatic amines is 1. The second-order valence-electron chi connectivity index (χ2n) is 8.39. The monoisotopic (exact) mass is 417 g/mol. The van der Waals surface area contributed by atoms with Crippen molar-refractivity contribution in [3.8, 4) is 0 Å². The van der Waals surface area contributed by atoms with E-state index in [1.54, 1.807) is 0 Å². The molecule has 2 amide bonds. The highest BCUT2D eigenvalue weighted by atomic mass is 16.5. The molecule has 6 heteroatoms. The average molecular weight is 418 g/mol. The molecule has 5 rings (SSSR count). The highest BCUT2D eigenvalue weighted by molar-refractivity contribution is 6.01. The Bertz CT molecular complexity index is 1130. The number of H-pyrrole nitrogens is 1. The molecule has 2 aliphatic heterocycles. The van der Waals surface area contributed by atoms with Crippen molar-refractivity contribution in [2.24, 2.45) is 0 Å². The van der Waals surface area contributed by atoms with E-state index >= 15 is 0 Å². The van der Waals surface area contributed by atoms with E-state index in [1.807, 2.05) is 48.2 Å². The highest BCUT2D eigenvalue weighted by Crippen LogP contribution is 2.42. The van der Waals surface area contributed by atoms with E-state index in [0.717, 1.165) is 52.7 Å². The van der Waals surface area contributed by atoms with E-state index in [-0.39, 0.29) is 30.4 Å². The molecule has 0 bridgehead atoms. The molecule has 3 aromatic rings. The smallest absolute Gasteiger partial charge is 0.255 e. The zero-order chi connectivity index (χ0) is 21.4. The van der Waals surface area contributed by atoms with Gasteiger partial charge in [-0.25, -0.2) is 0 Å². The van der Waals surface area contributed by atoms with Crippen molar-refractivity contribution in [1.82, 2.24) is 15.2 Å². The summed E-state index contributed by atoms with van der Waals surface area (Å²) >= 11 is 0. The number of para-hydroxylation sites is 1. The van der Waals surface area contributed by atoms with Crippen LogP contribution in [0.25, 0.3) is 10.9 Å². The quantitative estimate of drug-likeness (QED) is 0.642. The lowest BCUT2D eigenvalue weighted by atomic mass is 9.95. The van der Waals surface area contributed by atoms with Crippen LogP contribution in [0.2, 0.25) is 0 Å². The average Bonchev–Trinajstić information content (AvgIpc) is 3.48. The second kappa shape index (κ2) is 8.19. The lowest BCUT2D eigenvalue weighted by Crippen LogP contribution is -2.36. The third-order valence-corrected chi connectivity index (χ3v) is 6.41. The van der Waals surface area contributed by atoms with Gasteiger partial charge in [-0.3, -0.25) is 9.59 Å². The maximum atomic E-state index is 13.3. The largest absolute Gasteiger partial charge is 0.376 e. The number of hydrogen-bond donors (Lipinski definition) is 2. The van der Waals surface area contributed by atoms with Crippen LogP contribution in [0.15, 0.2) is 48.5 Å². The molecule has 0 radical (unpaired) electrons. The van der Waals surface area contributed by atoms with Gasteiger partial charge in [0.25, 0.3) is 5.91 Å². The van der Waals surface area contributed by atoms with Crippen LogP contribution < -0.4 is 5.32 Å². The normalized spacial score (nSPS) is 20.4. The van der Waals surface area contributed by atoms with Gasteiger partial charge < -0.3 is 19.9 Å². The summed E-state index contributed by atoms with van der Waals surface area (Å²) in [5.41, 5.74) is 4.93. The van der Waals surface area contributed by atoms with Crippen molar-refractivity contribution in [3.05, 3.63) is 70.9 Å². The number of rotatable bonds is 6. The Morgan fingerprint density at radius 1 is 1.19 bits per heavy atom. The maximum absolute atomic E-state index is 13.3. The van der Waals surface area contributed by atoms with Gasteiger partial charge in [-0.1, -0.05) is 36.4 Å². The van der Waals surface area contributed by atoms with Gasteiger partial charge in [-0.15, -0.1) is 0 Å². The van der Waals surface area contributed by atoms with Gasteiger partial charge in [0, 0.05) is 53.8 Å². The molecule has 0 saturated carbocycles. The molecular formula is C25H27N3O3. The van der Waals surface area contributed by atoms with Crippen molar-refractivity contribution in [1.29, 1.82) is 0 Å². The summed E-state index contributed by atoms with van der Waals surface area (Å²) in [6, 6.07) is 15.7. The highest BCUT2D eigenvalue weighted by Gasteiger charge is 2.39. The number of aromatic nitrogens is 1. The van der Waals surface area contributed by atoms with E-state index in [0.29, 0.717) is 13.1 Å². The Balaban J connectivity index is 1.41. The number of benzene rings is 2. The minimum Gasteiger partial charge on any atom is -0.376 e. The molecule has 2 N–H and O–H groups in total. The van der Waals surface area contributed by atoms with Crippen LogP contribution in [-0.2, 0) is 9.53 Å². The number of nitrogens with one attached hydrogen (secondary N) is 2. The summed E-state index contributed by atoms with van der Waals surface area (Å²) in [7, 11) is 0. The van der Waals surface area contributed by atoms with Crippen molar-refractivity contribution >= 4 is 22.7 Å². The lowest BCUT2D eigenvalue weighted by Gasteiger charge is -2.26. The van der Waals surface area contributed by atoms with Gasteiger partial charge >= 0.3 is 0 Å². The molecule has 0 spiro atoms. The molecule has 3 heterocycles. The Morgan fingerprint density at radius 2 is 2.00 bits per heavy atom. The first-order chi connectivity index (χ1) is 15.1. The van der Waals surface area contributed by atoms with Gasteiger partial charge in [0.15, 0.2) is 0 Å². The summed E-state index contributed by atoms with van der Waals surface area (Å²) in [4.78, 5) is 31.1. The molecule has 0 unspecified atom stereocenters. The van der Waals surface area contributed by atoms with Gasteiger partial charge in [-0.05, 0) is 37.5 Å². The van der Waals surface area contributed by atoms with Gasteiger partial charge in [0.2, 0.25) is 5.91 Å². The SMILES string of the molecule is Cc1[nH]c2ccccc2c1[C@H]1c2ccccc2C(=O)N1CCC(=O)NC[C@H]1CCCO1. The minimum absolute atomic E-state index is 0.0165. The summed E-state index contributed by atoms with van der Waals surface area (Å²) in [5, 5.41) is 4.08. The van der Waals surface area contributed by atoms with Crippen molar-refractivity contribution in [3.63, 3.8) is 0 Å². The third kappa shape index (κ3) is 3.61. The Hall–Kier alpha value is -3.12. The number of amides is 2. The fourth-order valence-electron chi connectivity index (χ4n) is 4.91. The fraction of sp³-hybridized carbons (Fsp3) is 0.360. The zero-order valence-corrected chi connectivity index (χ0v) is 17.7. The molecular weight excluding hydrogens is 390 g/mol. The molecule has 2 aromatic carbocycles. The molecule has 1 aromatic heterocycles. The summed E-state index contributed by atoms with van der Waals surface area (Å²) in [5.74, 6) is -0.0640. The number of carbonyl (C=O) groups is 2. The van der Waals surface area contributed by atoms with Gasteiger partial charge in [0.05, 0.1) is 12.1 Å². The van der Waals surface area contributed by atoms with Crippen LogP contribution in [0.5, 0.6) is 0 Å². The van der Waals surface area contributed by atoms with E-state index in [4.69, 9.17) is 4.74 Å². The van der Waals surface area contributed by atoms with Crippen LogP contribution in [0.3, 0.4) is 0 Å². The fourth-order valence-corrected chi connectivity index (χ4v) is 4.91. The van der Waals surface area contributed by atoms with Crippen molar-refractivity contribution < 1.29 is 14.3 Å². The number of carbonyl (C=O) groups excluding carboxylic acids is 2. The number of fused-ring (bicyclic) bond motifs is 2. The standard InChI is InChI=1S/C25H27N3O3/c1-16-23(20-10-4-5-11-21(20)27-16)24-18-8-2-3-9-19(18)25(30)28(24)13-12-22(29)26-15-17-7-6-14-31-17/h2-5,8-11,17,24,27H,6-7,12-15H2,1H3,(H,26,29)/t17-,24-/m1/s1. The summed E-state index contributed by atoms with van der Waals surface area (Å²) < 4.78 is 5.58. The topological polar surface area (TPSA) is 74.4 Å². The minimum atomic E-state index is -0.203. The van der Waals surface area contributed by atoms with Gasteiger partial charge in [0.1, 0.15) is 0 Å². The van der Waals surface area contributed by atoms with Crippen LogP contribution in [0.1, 0.15) is 52.5 Å². The Labute approximate surface area is 181 Å². The summed E-state index contributed by atoms with van der Waals surface area (Å²) in [6.45, 7) is 3.73. The maximum Gasteiger partial charge on any atom is 0.255 e. The van der Waals surface area contributed by atoms with Crippen LogP contribution in [0.4, 0.5) is 0 Å². The van der Waals surface area contributed by atoms with Crippen LogP contribution in [0, 0.1) is 6.92 Å². The molecule has 2 atom stereocenters. The first-order valence-electron chi connectivity index (χ1n) is 11.0. The number of nitrogens with zero attached hydrogens (tertiary/aromatic N) is 1. The van der Waals surface area contributed by atoms with Crippen LogP contribution >= 0.6 is 0 Å². The number of ether oxygens (including phenoxy) is 1. The molecule has 1 fully saturated rings. The number of aryl methyl sites for hydroxylation is 1. The van der Waals surface area contributed by atoms with E-state index < -0.39 is 0 Å². The third-order valence-electron chi connectivity index (χ3n) is 6.41. The Morgan fingerprint density at radius 3 is 2.84 bits per heavy atom. The van der Waals surface area contributed by atoms with Gasteiger partial charge in [-0.2, -0.15) is 0 Å². The van der Waals surface area contributed by atoms with E-state index in [1.165, 1.54) is 0 Å². The van der Waals surface area contributed by atoms with Crippen LogP contribution in [-0.4, -0.2) is 47.5 Å². The number of hydrogen-bond acceptors (Lipinski definition) is 3. The first-order valence-corrected chi connectivity index (χ1v) is 11.0. The molecule has 31 heavy (non-hydrogen) atoms. The van der Waals surface area contributed by atoms with E-state index in [2.05, 4.69) is 22.4 Å². The predicted molar refractivity (Wildman–Crippen MR) is 119 cm³/mol. The van der Waals surface area contributed by atoms with Crippen molar-refractivity contribution in [2.75, 3.05) is 19.7 Å². The predicted octanol–water partition coefficient (Wildman–Crippen LogP) is 3.71. The first kappa shape index (κ1) is 19.8. The molecule has 160 valence electrons. The molecule has 2 aliphatic rings. The Kier molecular flexibility index (Phi) is 5.24. The lowest BCUT2D eigenvalue weighted by molar-refractivity contribution is -0.121. The van der Waals surface area contributed by atoms with Crippen molar-refractivity contribution in [2.45, 2.75) is 38.3 Å². The summed E-state index contributed by atoms with van der Waals surface area (Å²) in [6.07, 6.45) is 2.42. The zero-order valence-electron chi connectivity index (χ0n) is 17.7. The second-order valence-corrected chi connectivity index (χ2v) is 8.39. The molecule has 0 aliphatic carbocycles.